The number of amides is 1. The first-order chi connectivity index (χ1) is 12.6. The third-order valence-electron chi connectivity index (χ3n) is 5.99. The molecule has 136 valence electrons. The molecule has 0 bridgehead atoms. The summed E-state index contributed by atoms with van der Waals surface area (Å²) in [5.41, 5.74) is 1.40. The maximum atomic E-state index is 13.8. The van der Waals surface area contributed by atoms with Crippen molar-refractivity contribution in [3.63, 3.8) is 0 Å². The molecule has 4 heteroatoms. The largest absolute Gasteiger partial charge is 0.381 e. The Labute approximate surface area is 153 Å². The Morgan fingerprint density at radius 1 is 0.962 bits per heavy atom. The predicted octanol–water partition coefficient (Wildman–Crippen LogP) is 3.72. The summed E-state index contributed by atoms with van der Waals surface area (Å²) in [6.07, 6.45) is 3.35. The van der Waals surface area contributed by atoms with Crippen molar-refractivity contribution >= 4 is 5.91 Å². The lowest BCUT2D eigenvalue weighted by atomic mass is 9.73. The second-order valence-corrected chi connectivity index (χ2v) is 7.53. The molecule has 0 aromatic heterocycles. The molecule has 1 N–H and O–H groups in total. The molecule has 1 aliphatic heterocycles. The molecule has 2 aromatic rings. The maximum Gasteiger partial charge on any atom is 0.230 e. The molecule has 2 aromatic carbocycles. The number of carbonyl (C=O) groups is 1. The average molecular weight is 353 g/mol. The number of benzene rings is 2. The first-order valence-electron chi connectivity index (χ1n) is 9.32. The Hall–Kier alpha value is -2.20. The van der Waals surface area contributed by atoms with Gasteiger partial charge in [-0.3, -0.25) is 4.79 Å². The zero-order valence-corrected chi connectivity index (χ0v) is 14.8. The zero-order valence-electron chi connectivity index (χ0n) is 14.8. The molecule has 1 saturated carbocycles. The molecule has 1 amide bonds. The fourth-order valence-electron chi connectivity index (χ4n) is 4.08. The third-order valence-corrected chi connectivity index (χ3v) is 5.99. The van der Waals surface area contributed by atoms with Crippen molar-refractivity contribution in [2.45, 2.75) is 36.5 Å². The highest BCUT2D eigenvalue weighted by atomic mass is 19.1. The van der Waals surface area contributed by atoms with E-state index in [9.17, 15) is 9.18 Å². The highest BCUT2D eigenvalue weighted by Gasteiger charge is 2.47. The lowest BCUT2D eigenvalue weighted by molar-refractivity contribution is -0.130. The minimum Gasteiger partial charge on any atom is -0.381 e. The van der Waals surface area contributed by atoms with Crippen LogP contribution in [0.3, 0.4) is 0 Å². The molecule has 1 saturated heterocycles. The zero-order chi connectivity index (χ0) is 18.0. The van der Waals surface area contributed by atoms with Crippen LogP contribution in [0.25, 0.3) is 0 Å². The van der Waals surface area contributed by atoms with Crippen LogP contribution in [0.15, 0.2) is 54.6 Å². The number of nitrogens with one attached hydrogen (secondary N) is 1. The summed E-state index contributed by atoms with van der Waals surface area (Å²) < 4.78 is 19.3. The van der Waals surface area contributed by atoms with Crippen molar-refractivity contribution in [3.8, 4) is 0 Å². The fraction of sp³-hybridized carbons (Fsp3) is 0.409. The van der Waals surface area contributed by atoms with E-state index in [0.717, 1.165) is 18.4 Å². The molecular formula is C22H24FNO2. The Morgan fingerprint density at radius 3 is 2.31 bits per heavy atom. The van der Waals surface area contributed by atoms with Gasteiger partial charge in [-0.2, -0.15) is 0 Å². The summed E-state index contributed by atoms with van der Waals surface area (Å²) >= 11 is 0. The van der Waals surface area contributed by atoms with Gasteiger partial charge < -0.3 is 10.1 Å². The minimum absolute atomic E-state index is 0.00592. The molecule has 0 unspecified atom stereocenters. The van der Waals surface area contributed by atoms with Crippen molar-refractivity contribution in [2.75, 3.05) is 19.8 Å². The Balaban J connectivity index is 1.54. The van der Waals surface area contributed by atoms with Gasteiger partial charge >= 0.3 is 0 Å². The van der Waals surface area contributed by atoms with E-state index in [0.29, 0.717) is 32.6 Å². The van der Waals surface area contributed by atoms with Crippen molar-refractivity contribution in [1.82, 2.24) is 5.32 Å². The quantitative estimate of drug-likeness (QED) is 0.890. The number of hydrogen-bond acceptors (Lipinski definition) is 2. The van der Waals surface area contributed by atoms with E-state index in [1.54, 1.807) is 6.07 Å². The van der Waals surface area contributed by atoms with Crippen molar-refractivity contribution in [1.29, 1.82) is 0 Å². The SMILES string of the molecule is O=C(NCC1(c2ccccc2)CC1)C1(c2cccc(F)c2)CCOCC1. The first-order valence-corrected chi connectivity index (χ1v) is 9.32. The van der Waals surface area contributed by atoms with Gasteiger partial charge in [0.05, 0.1) is 5.41 Å². The molecule has 0 spiro atoms. The Kier molecular flexibility index (Phi) is 4.53. The van der Waals surface area contributed by atoms with Gasteiger partial charge in [0, 0.05) is 25.2 Å². The van der Waals surface area contributed by atoms with Gasteiger partial charge in [-0.1, -0.05) is 42.5 Å². The normalized spacial score (nSPS) is 20.3. The third kappa shape index (κ3) is 3.14. The summed E-state index contributed by atoms with van der Waals surface area (Å²) in [4.78, 5) is 13.2. The number of halogens is 1. The number of ether oxygens (including phenoxy) is 1. The maximum absolute atomic E-state index is 13.8. The van der Waals surface area contributed by atoms with Crippen LogP contribution in [0.2, 0.25) is 0 Å². The number of rotatable bonds is 5. The molecule has 0 atom stereocenters. The molecule has 3 nitrogen and oxygen atoms in total. The summed E-state index contributed by atoms with van der Waals surface area (Å²) in [5, 5.41) is 3.20. The summed E-state index contributed by atoms with van der Waals surface area (Å²) in [6.45, 7) is 1.68. The van der Waals surface area contributed by atoms with E-state index in [-0.39, 0.29) is 17.1 Å². The topological polar surface area (TPSA) is 38.3 Å². The monoisotopic (exact) mass is 353 g/mol. The lowest BCUT2D eigenvalue weighted by Gasteiger charge is -2.36. The van der Waals surface area contributed by atoms with E-state index in [1.165, 1.54) is 17.7 Å². The summed E-state index contributed by atoms with van der Waals surface area (Å²) in [5.74, 6) is -0.308. The van der Waals surface area contributed by atoms with Gasteiger partial charge in [-0.15, -0.1) is 0 Å². The van der Waals surface area contributed by atoms with Gasteiger partial charge in [0.1, 0.15) is 5.82 Å². The van der Waals surface area contributed by atoms with Gasteiger partial charge in [0.2, 0.25) is 5.91 Å². The lowest BCUT2D eigenvalue weighted by Crippen LogP contribution is -2.49. The van der Waals surface area contributed by atoms with Crippen LogP contribution in [0.4, 0.5) is 4.39 Å². The van der Waals surface area contributed by atoms with E-state index in [4.69, 9.17) is 4.74 Å². The molecule has 0 radical (unpaired) electrons. The number of hydrogen-bond donors (Lipinski definition) is 1. The van der Waals surface area contributed by atoms with Crippen LogP contribution in [-0.4, -0.2) is 25.7 Å². The molecular weight excluding hydrogens is 329 g/mol. The van der Waals surface area contributed by atoms with Crippen LogP contribution >= 0.6 is 0 Å². The van der Waals surface area contributed by atoms with Gasteiger partial charge in [-0.05, 0) is 48.9 Å². The van der Waals surface area contributed by atoms with E-state index < -0.39 is 5.41 Å². The Morgan fingerprint density at radius 2 is 1.65 bits per heavy atom. The molecule has 2 aliphatic rings. The van der Waals surface area contributed by atoms with E-state index in [1.807, 2.05) is 24.3 Å². The van der Waals surface area contributed by atoms with Crippen LogP contribution in [0, 0.1) is 5.82 Å². The standard InChI is InChI=1S/C22H24FNO2/c23-19-8-4-7-18(15-19)22(11-13-26-14-12-22)20(25)24-16-21(9-10-21)17-5-2-1-3-6-17/h1-8,15H,9-14,16H2,(H,24,25). The number of carbonyl (C=O) groups excluding carboxylic acids is 1. The van der Waals surface area contributed by atoms with Crippen LogP contribution in [0.5, 0.6) is 0 Å². The average Bonchev–Trinajstić information content (AvgIpc) is 3.48. The molecule has 1 aliphatic carbocycles. The Bertz CT molecular complexity index is 780. The second-order valence-electron chi connectivity index (χ2n) is 7.53. The smallest absolute Gasteiger partial charge is 0.230 e. The van der Waals surface area contributed by atoms with Gasteiger partial charge in [-0.25, -0.2) is 4.39 Å². The van der Waals surface area contributed by atoms with Crippen molar-refractivity contribution in [2.24, 2.45) is 0 Å². The molecule has 4 rings (SSSR count). The first kappa shape index (κ1) is 17.2. The fourth-order valence-corrected chi connectivity index (χ4v) is 4.08. The van der Waals surface area contributed by atoms with Crippen LogP contribution in [0.1, 0.15) is 36.8 Å². The van der Waals surface area contributed by atoms with Crippen molar-refractivity contribution < 1.29 is 13.9 Å². The predicted molar refractivity (Wildman–Crippen MR) is 98.5 cm³/mol. The highest BCUT2D eigenvalue weighted by molar-refractivity contribution is 5.88. The molecule has 2 fully saturated rings. The minimum atomic E-state index is -0.701. The highest BCUT2D eigenvalue weighted by Crippen LogP contribution is 2.47. The van der Waals surface area contributed by atoms with E-state index >= 15 is 0 Å². The van der Waals surface area contributed by atoms with E-state index in [2.05, 4.69) is 17.4 Å². The summed E-state index contributed by atoms with van der Waals surface area (Å²) in [6, 6.07) is 16.8. The molecule has 1 heterocycles. The van der Waals surface area contributed by atoms with Crippen LogP contribution < -0.4 is 5.32 Å². The summed E-state index contributed by atoms with van der Waals surface area (Å²) in [7, 11) is 0. The van der Waals surface area contributed by atoms with Crippen LogP contribution in [-0.2, 0) is 20.4 Å². The molecule has 26 heavy (non-hydrogen) atoms. The van der Waals surface area contributed by atoms with Crippen molar-refractivity contribution in [3.05, 3.63) is 71.5 Å². The second kappa shape index (κ2) is 6.84. The van der Waals surface area contributed by atoms with Gasteiger partial charge in [0.25, 0.3) is 0 Å². The van der Waals surface area contributed by atoms with Gasteiger partial charge in [0.15, 0.2) is 0 Å².